The molecule has 0 radical (unpaired) electrons. The highest BCUT2D eigenvalue weighted by atomic mass is 16.4. The number of nitrogens with zero attached hydrogens (tertiary/aromatic N) is 2. The predicted molar refractivity (Wildman–Crippen MR) is 96.7 cm³/mol. The van der Waals surface area contributed by atoms with Gasteiger partial charge in [-0.25, -0.2) is 4.79 Å². The van der Waals surface area contributed by atoms with Crippen molar-refractivity contribution in [2.24, 2.45) is 0 Å². The quantitative estimate of drug-likeness (QED) is 0.879. The molecule has 5 heteroatoms. The van der Waals surface area contributed by atoms with Gasteiger partial charge < -0.3 is 10.0 Å². The van der Waals surface area contributed by atoms with E-state index in [0.29, 0.717) is 25.2 Å². The van der Waals surface area contributed by atoms with Crippen LogP contribution in [-0.4, -0.2) is 41.0 Å². The molecule has 2 aromatic carbocycles. The second-order valence-corrected chi connectivity index (χ2v) is 6.16. The summed E-state index contributed by atoms with van der Waals surface area (Å²) in [5.41, 5.74) is 1.95. The first-order valence-corrected chi connectivity index (χ1v) is 8.53. The van der Waals surface area contributed by atoms with Gasteiger partial charge in [-0.2, -0.15) is 0 Å². The number of anilines is 1. The van der Waals surface area contributed by atoms with Crippen molar-refractivity contribution in [3.05, 3.63) is 65.7 Å². The monoisotopic (exact) mass is 338 g/mol. The van der Waals surface area contributed by atoms with E-state index in [4.69, 9.17) is 0 Å². The van der Waals surface area contributed by atoms with Gasteiger partial charge in [0.15, 0.2) is 0 Å². The summed E-state index contributed by atoms with van der Waals surface area (Å²) in [5, 5.41) is 9.37. The molecule has 1 fully saturated rings. The van der Waals surface area contributed by atoms with E-state index in [9.17, 15) is 14.7 Å². The number of hydrogen-bond donors (Lipinski definition) is 1. The van der Waals surface area contributed by atoms with Crippen LogP contribution in [0.1, 0.15) is 29.3 Å². The molecule has 0 bridgehead atoms. The van der Waals surface area contributed by atoms with Gasteiger partial charge in [0, 0.05) is 18.8 Å². The molecular formula is C20H22N2O3. The lowest BCUT2D eigenvalue weighted by Gasteiger charge is -2.27. The fraction of sp³-hybridized carbons (Fsp3) is 0.300. The van der Waals surface area contributed by atoms with E-state index in [-0.39, 0.29) is 11.9 Å². The molecule has 5 nitrogen and oxygen atoms in total. The van der Waals surface area contributed by atoms with E-state index in [0.717, 1.165) is 17.7 Å². The molecule has 25 heavy (non-hydrogen) atoms. The van der Waals surface area contributed by atoms with Crippen LogP contribution in [-0.2, 0) is 11.3 Å². The Morgan fingerprint density at radius 1 is 1.16 bits per heavy atom. The van der Waals surface area contributed by atoms with Crippen LogP contribution in [0, 0.1) is 0 Å². The van der Waals surface area contributed by atoms with Crippen LogP contribution < -0.4 is 4.90 Å². The maximum absolute atomic E-state index is 12.9. The van der Waals surface area contributed by atoms with E-state index in [1.165, 1.54) is 0 Å². The van der Waals surface area contributed by atoms with Gasteiger partial charge in [-0.15, -0.1) is 0 Å². The van der Waals surface area contributed by atoms with Gasteiger partial charge in [0.2, 0.25) is 5.91 Å². The zero-order chi connectivity index (χ0) is 17.8. The third-order valence-electron chi connectivity index (χ3n) is 4.71. The molecule has 0 aliphatic carbocycles. The first kappa shape index (κ1) is 17.2. The first-order chi connectivity index (χ1) is 12.1. The number of carbonyl (C=O) groups is 2. The number of benzene rings is 2. The second kappa shape index (κ2) is 7.49. The minimum Gasteiger partial charge on any atom is -0.478 e. The van der Waals surface area contributed by atoms with Crippen molar-refractivity contribution in [2.75, 3.05) is 18.0 Å². The zero-order valence-corrected chi connectivity index (χ0v) is 14.3. The molecule has 1 aliphatic rings. The SMILES string of the molecule is CCN(Cc1ccccc1C(=O)O)C1CCN(c2ccccc2)C1=O. The second-order valence-electron chi connectivity index (χ2n) is 6.16. The average Bonchev–Trinajstić information content (AvgIpc) is 3.02. The predicted octanol–water partition coefficient (Wildman–Crippen LogP) is 3.01. The maximum Gasteiger partial charge on any atom is 0.336 e. The van der Waals surface area contributed by atoms with Crippen LogP contribution in [0.4, 0.5) is 5.69 Å². The van der Waals surface area contributed by atoms with Gasteiger partial charge in [-0.3, -0.25) is 9.69 Å². The highest BCUT2D eigenvalue weighted by Crippen LogP contribution is 2.25. The van der Waals surface area contributed by atoms with Gasteiger partial charge in [-0.05, 0) is 36.7 Å². The van der Waals surface area contributed by atoms with E-state index in [2.05, 4.69) is 4.90 Å². The lowest BCUT2D eigenvalue weighted by molar-refractivity contribution is -0.121. The molecule has 1 N–H and O–H groups in total. The average molecular weight is 338 g/mol. The van der Waals surface area contributed by atoms with Crippen molar-refractivity contribution in [1.29, 1.82) is 0 Å². The van der Waals surface area contributed by atoms with Gasteiger partial charge in [0.25, 0.3) is 0 Å². The van der Waals surface area contributed by atoms with E-state index in [1.54, 1.807) is 12.1 Å². The number of aromatic carboxylic acids is 1. The molecule has 2 aromatic rings. The lowest BCUT2D eigenvalue weighted by atomic mass is 10.1. The van der Waals surface area contributed by atoms with Crippen LogP contribution in [0.2, 0.25) is 0 Å². The van der Waals surface area contributed by atoms with Gasteiger partial charge in [0.1, 0.15) is 0 Å². The van der Waals surface area contributed by atoms with Gasteiger partial charge >= 0.3 is 5.97 Å². The summed E-state index contributed by atoms with van der Waals surface area (Å²) in [4.78, 5) is 28.2. The molecule has 0 aromatic heterocycles. The Morgan fingerprint density at radius 2 is 1.84 bits per heavy atom. The Bertz CT molecular complexity index is 761. The third kappa shape index (κ3) is 3.56. The Labute approximate surface area is 147 Å². The molecule has 1 atom stereocenters. The summed E-state index contributed by atoms with van der Waals surface area (Å²) < 4.78 is 0. The number of carboxylic acid groups (broad SMARTS) is 1. The number of para-hydroxylation sites is 1. The lowest BCUT2D eigenvalue weighted by Crippen LogP contribution is -2.41. The third-order valence-corrected chi connectivity index (χ3v) is 4.71. The van der Waals surface area contributed by atoms with Crippen molar-refractivity contribution >= 4 is 17.6 Å². The number of rotatable bonds is 6. The number of likely N-dealkylation sites (N-methyl/N-ethyl adjacent to an activating group) is 1. The summed E-state index contributed by atoms with van der Waals surface area (Å²) in [7, 11) is 0. The standard InChI is InChI=1S/C20H22N2O3/c1-2-21(14-15-8-6-7-11-17(15)20(24)25)18-12-13-22(19(18)23)16-9-4-3-5-10-16/h3-11,18H,2,12-14H2,1H3,(H,24,25). The molecule has 3 rings (SSSR count). The highest BCUT2D eigenvalue weighted by molar-refractivity contribution is 5.99. The normalized spacial score (nSPS) is 17.3. The van der Waals surface area contributed by atoms with Gasteiger partial charge in [-0.1, -0.05) is 43.3 Å². The Kier molecular flexibility index (Phi) is 5.14. The maximum atomic E-state index is 12.9. The molecule has 1 heterocycles. The van der Waals surface area contributed by atoms with Crippen molar-refractivity contribution < 1.29 is 14.7 Å². The summed E-state index contributed by atoms with van der Waals surface area (Å²) in [5.74, 6) is -0.851. The van der Waals surface area contributed by atoms with Crippen molar-refractivity contribution in [3.63, 3.8) is 0 Å². The highest BCUT2D eigenvalue weighted by Gasteiger charge is 2.36. The molecule has 1 amide bonds. The fourth-order valence-corrected chi connectivity index (χ4v) is 3.40. The number of amides is 1. The zero-order valence-electron chi connectivity index (χ0n) is 14.3. The van der Waals surface area contributed by atoms with Crippen molar-refractivity contribution in [3.8, 4) is 0 Å². The van der Waals surface area contributed by atoms with Crippen LogP contribution >= 0.6 is 0 Å². The number of carboxylic acids is 1. The summed E-state index contributed by atoms with van der Waals surface area (Å²) >= 11 is 0. The van der Waals surface area contributed by atoms with Crippen LogP contribution in [0.5, 0.6) is 0 Å². The molecule has 1 saturated heterocycles. The van der Waals surface area contributed by atoms with Gasteiger partial charge in [0.05, 0.1) is 11.6 Å². The van der Waals surface area contributed by atoms with Crippen LogP contribution in [0.25, 0.3) is 0 Å². The first-order valence-electron chi connectivity index (χ1n) is 8.53. The van der Waals surface area contributed by atoms with E-state index >= 15 is 0 Å². The Morgan fingerprint density at radius 3 is 2.52 bits per heavy atom. The molecule has 0 saturated carbocycles. The summed E-state index contributed by atoms with van der Waals surface area (Å²) in [6.07, 6.45) is 0.747. The summed E-state index contributed by atoms with van der Waals surface area (Å²) in [6, 6.07) is 16.4. The van der Waals surface area contributed by atoms with E-state index < -0.39 is 5.97 Å². The van der Waals surface area contributed by atoms with Crippen LogP contribution in [0.3, 0.4) is 0 Å². The molecule has 1 unspecified atom stereocenters. The Balaban J connectivity index is 1.78. The molecule has 130 valence electrons. The van der Waals surface area contributed by atoms with Crippen molar-refractivity contribution in [2.45, 2.75) is 25.9 Å². The topological polar surface area (TPSA) is 60.9 Å². The molecule has 0 spiro atoms. The van der Waals surface area contributed by atoms with Crippen molar-refractivity contribution in [1.82, 2.24) is 4.90 Å². The smallest absolute Gasteiger partial charge is 0.336 e. The van der Waals surface area contributed by atoms with E-state index in [1.807, 2.05) is 54.3 Å². The van der Waals surface area contributed by atoms with Crippen LogP contribution in [0.15, 0.2) is 54.6 Å². The fourth-order valence-electron chi connectivity index (χ4n) is 3.40. The molecule has 1 aliphatic heterocycles. The minimum absolute atomic E-state index is 0.0841. The molecular weight excluding hydrogens is 316 g/mol. The number of carbonyl (C=O) groups excluding carboxylic acids is 1. The summed E-state index contributed by atoms with van der Waals surface area (Å²) in [6.45, 7) is 3.83. The largest absolute Gasteiger partial charge is 0.478 e. The minimum atomic E-state index is -0.935. The number of hydrogen-bond acceptors (Lipinski definition) is 3. The Hall–Kier alpha value is -2.66.